The zero-order valence-corrected chi connectivity index (χ0v) is 8.20. The summed E-state index contributed by atoms with van der Waals surface area (Å²) < 4.78 is 25.5. The van der Waals surface area contributed by atoms with Gasteiger partial charge in [0.05, 0.1) is 0 Å². The summed E-state index contributed by atoms with van der Waals surface area (Å²) in [6, 6.07) is 3.79. The molecule has 0 heterocycles. The van der Waals surface area contributed by atoms with Crippen LogP contribution >= 0.6 is 0 Å². The van der Waals surface area contributed by atoms with Crippen LogP contribution in [0, 0.1) is 11.6 Å². The summed E-state index contributed by atoms with van der Waals surface area (Å²) in [6.07, 6.45) is 0. The maximum absolute atomic E-state index is 12.7. The number of hydrogen-bond donors (Lipinski definition) is 1. The van der Waals surface area contributed by atoms with Gasteiger partial charge in [-0.2, -0.15) is 0 Å². The molecule has 0 saturated heterocycles. The molecule has 3 heteroatoms. The Balaban J connectivity index is 0.000000671. The second kappa shape index (κ2) is 6.40. The Morgan fingerprint density at radius 1 is 1.15 bits per heavy atom. The maximum atomic E-state index is 12.7. The van der Waals surface area contributed by atoms with Crippen molar-refractivity contribution in [2.75, 3.05) is 11.9 Å². The van der Waals surface area contributed by atoms with Gasteiger partial charge in [-0.05, 0) is 19.1 Å². The second-order valence-corrected chi connectivity index (χ2v) is 2.13. The molecule has 0 radical (unpaired) electrons. The molecule has 0 aliphatic carbocycles. The van der Waals surface area contributed by atoms with Crippen molar-refractivity contribution in [3.8, 4) is 0 Å². The fraction of sp³-hybridized carbons (Fsp3) is 0.400. The molecular formula is C10H15F2N. The van der Waals surface area contributed by atoms with E-state index in [-0.39, 0.29) is 5.69 Å². The van der Waals surface area contributed by atoms with Crippen molar-refractivity contribution >= 4 is 5.69 Å². The van der Waals surface area contributed by atoms with Crippen LogP contribution < -0.4 is 5.32 Å². The Labute approximate surface area is 77.8 Å². The monoisotopic (exact) mass is 187 g/mol. The lowest BCUT2D eigenvalue weighted by molar-refractivity contribution is 0.588. The standard InChI is InChI=1S/C8H9F2N.C2H6/c1-2-11-8-6(9)4-3-5-7(8)10;1-2/h3-5,11H,2H2,1H3;1-2H3. The maximum Gasteiger partial charge on any atom is 0.149 e. The highest BCUT2D eigenvalue weighted by Crippen LogP contribution is 2.16. The molecule has 0 atom stereocenters. The van der Waals surface area contributed by atoms with E-state index in [1.807, 2.05) is 13.8 Å². The molecule has 0 saturated carbocycles. The Bertz CT molecular complexity index is 228. The van der Waals surface area contributed by atoms with Crippen LogP contribution in [0.25, 0.3) is 0 Å². The first-order valence-electron chi connectivity index (χ1n) is 4.43. The predicted octanol–water partition coefficient (Wildman–Crippen LogP) is 3.42. The quantitative estimate of drug-likeness (QED) is 0.748. The van der Waals surface area contributed by atoms with Crippen molar-refractivity contribution < 1.29 is 8.78 Å². The van der Waals surface area contributed by atoms with Gasteiger partial charge in [0, 0.05) is 6.54 Å². The molecule has 1 aromatic carbocycles. The average molecular weight is 187 g/mol. The Hall–Kier alpha value is -1.12. The highest BCUT2D eigenvalue weighted by molar-refractivity contribution is 5.45. The minimum absolute atomic E-state index is 0.0463. The van der Waals surface area contributed by atoms with Gasteiger partial charge < -0.3 is 5.32 Å². The lowest BCUT2D eigenvalue weighted by atomic mass is 10.3. The molecule has 0 aromatic heterocycles. The van der Waals surface area contributed by atoms with Crippen molar-refractivity contribution in [2.24, 2.45) is 0 Å². The predicted molar refractivity (Wildman–Crippen MR) is 51.9 cm³/mol. The fourth-order valence-electron chi connectivity index (χ4n) is 0.843. The molecule has 0 unspecified atom stereocenters. The van der Waals surface area contributed by atoms with Crippen LogP contribution in [-0.2, 0) is 0 Å². The number of para-hydroxylation sites is 1. The van der Waals surface area contributed by atoms with Crippen molar-refractivity contribution in [1.29, 1.82) is 0 Å². The van der Waals surface area contributed by atoms with Gasteiger partial charge in [0.25, 0.3) is 0 Å². The van der Waals surface area contributed by atoms with E-state index >= 15 is 0 Å². The van der Waals surface area contributed by atoms with E-state index < -0.39 is 11.6 Å². The number of benzene rings is 1. The molecule has 0 bridgehead atoms. The summed E-state index contributed by atoms with van der Waals surface area (Å²) in [4.78, 5) is 0. The van der Waals surface area contributed by atoms with Crippen LogP contribution in [0.15, 0.2) is 18.2 Å². The number of anilines is 1. The minimum atomic E-state index is -0.549. The number of halogens is 2. The lowest BCUT2D eigenvalue weighted by Gasteiger charge is -2.04. The number of hydrogen-bond acceptors (Lipinski definition) is 1. The third-order valence-corrected chi connectivity index (χ3v) is 1.32. The second-order valence-electron chi connectivity index (χ2n) is 2.13. The first-order chi connectivity index (χ1) is 6.25. The van der Waals surface area contributed by atoms with Gasteiger partial charge in [0.2, 0.25) is 0 Å². The third-order valence-electron chi connectivity index (χ3n) is 1.32. The van der Waals surface area contributed by atoms with E-state index in [9.17, 15) is 8.78 Å². The third kappa shape index (κ3) is 3.40. The van der Waals surface area contributed by atoms with Crippen LogP contribution in [0.5, 0.6) is 0 Å². The topological polar surface area (TPSA) is 12.0 Å². The summed E-state index contributed by atoms with van der Waals surface area (Å²) in [7, 11) is 0. The van der Waals surface area contributed by atoms with E-state index in [2.05, 4.69) is 5.32 Å². The molecule has 13 heavy (non-hydrogen) atoms. The molecule has 0 aliphatic heterocycles. The Morgan fingerprint density at radius 3 is 2.00 bits per heavy atom. The van der Waals surface area contributed by atoms with Crippen LogP contribution in [-0.4, -0.2) is 6.54 Å². The molecule has 1 rings (SSSR count). The van der Waals surface area contributed by atoms with E-state index in [0.29, 0.717) is 6.54 Å². The highest BCUT2D eigenvalue weighted by atomic mass is 19.1. The summed E-state index contributed by atoms with van der Waals surface area (Å²) in [5, 5.41) is 2.59. The van der Waals surface area contributed by atoms with E-state index in [0.717, 1.165) is 0 Å². The van der Waals surface area contributed by atoms with Gasteiger partial charge >= 0.3 is 0 Å². The lowest BCUT2D eigenvalue weighted by Crippen LogP contribution is -2.01. The smallest absolute Gasteiger partial charge is 0.149 e. The number of nitrogens with one attached hydrogen (secondary N) is 1. The molecule has 0 aliphatic rings. The van der Waals surface area contributed by atoms with Crippen LogP contribution in [0.2, 0.25) is 0 Å². The van der Waals surface area contributed by atoms with Gasteiger partial charge in [-0.15, -0.1) is 0 Å². The SMILES string of the molecule is CC.CCNc1c(F)cccc1F. The van der Waals surface area contributed by atoms with Gasteiger partial charge in [-0.1, -0.05) is 19.9 Å². The van der Waals surface area contributed by atoms with Gasteiger partial charge in [-0.25, -0.2) is 8.78 Å². The Kier molecular flexibility index (Phi) is 5.85. The van der Waals surface area contributed by atoms with E-state index in [1.54, 1.807) is 6.92 Å². The molecule has 0 fully saturated rings. The molecule has 0 amide bonds. The van der Waals surface area contributed by atoms with E-state index in [4.69, 9.17) is 0 Å². The van der Waals surface area contributed by atoms with Crippen molar-refractivity contribution in [2.45, 2.75) is 20.8 Å². The van der Waals surface area contributed by atoms with Crippen LogP contribution in [0.1, 0.15) is 20.8 Å². The van der Waals surface area contributed by atoms with Gasteiger partial charge in [-0.3, -0.25) is 0 Å². The van der Waals surface area contributed by atoms with Crippen LogP contribution in [0.3, 0.4) is 0 Å². The van der Waals surface area contributed by atoms with Crippen molar-refractivity contribution in [1.82, 2.24) is 0 Å². The van der Waals surface area contributed by atoms with Crippen molar-refractivity contribution in [3.63, 3.8) is 0 Å². The fourth-order valence-corrected chi connectivity index (χ4v) is 0.843. The molecule has 0 spiro atoms. The molecule has 1 aromatic rings. The molecule has 1 nitrogen and oxygen atoms in total. The minimum Gasteiger partial charge on any atom is -0.381 e. The molecule has 1 N–H and O–H groups in total. The molecular weight excluding hydrogens is 172 g/mol. The normalized spacial score (nSPS) is 8.69. The first-order valence-corrected chi connectivity index (χ1v) is 4.43. The van der Waals surface area contributed by atoms with Gasteiger partial charge in [0.1, 0.15) is 17.3 Å². The van der Waals surface area contributed by atoms with Crippen molar-refractivity contribution in [3.05, 3.63) is 29.8 Å². The summed E-state index contributed by atoms with van der Waals surface area (Å²) in [5.41, 5.74) is -0.0463. The Morgan fingerprint density at radius 2 is 1.62 bits per heavy atom. The summed E-state index contributed by atoms with van der Waals surface area (Å²) >= 11 is 0. The molecule has 74 valence electrons. The summed E-state index contributed by atoms with van der Waals surface area (Å²) in [5.74, 6) is -1.10. The summed E-state index contributed by atoms with van der Waals surface area (Å²) in [6.45, 7) is 6.30. The zero-order chi connectivity index (χ0) is 10.3. The van der Waals surface area contributed by atoms with E-state index in [1.165, 1.54) is 18.2 Å². The number of rotatable bonds is 2. The largest absolute Gasteiger partial charge is 0.381 e. The van der Waals surface area contributed by atoms with Crippen LogP contribution in [0.4, 0.5) is 14.5 Å². The van der Waals surface area contributed by atoms with Gasteiger partial charge in [0.15, 0.2) is 0 Å². The highest BCUT2D eigenvalue weighted by Gasteiger charge is 2.04. The zero-order valence-electron chi connectivity index (χ0n) is 8.20. The average Bonchev–Trinajstić information content (AvgIpc) is 2.15. The first kappa shape index (κ1) is 11.9.